The molecular formula is C40H44GeHfN. The third-order valence-corrected chi connectivity index (χ3v) is 55.7. The normalized spacial score (nSPS) is 26.5. The maximum absolute atomic E-state index is 4.69. The topological polar surface area (TPSA) is 12.0 Å². The summed E-state index contributed by atoms with van der Waals surface area (Å²) < 4.78 is 10.0. The minimum atomic E-state index is -2.38. The Balaban J connectivity index is 0.000000209. The molecule has 4 aromatic carbocycles. The fraction of sp³-hybridized carbons (Fsp3) is 0.300. The van der Waals surface area contributed by atoms with E-state index in [9.17, 15) is 0 Å². The van der Waals surface area contributed by atoms with E-state index in [0.29, 0.717) is 11.5 Å². The van der Waals surface area contributed by atoms with Gasteiger partial charge in [-0.15, -0.1) is 0 Å². The molecule has 1 unspecified atom stereocenters. The molecule has 0 amide bonds. The van der Waals surface area contributed by atoms with Gasteiger partial charge in [0.15, 0.2) is 0 Å². The first-order valence-electron chi connectivity index (χ1n) is 16.2. The van der Waals surface area contributed by atoms with Crippen LogP contribution < -0.4 is 12.1 Å². The summed E-state index contributed by atoms with van der Waals surface area (Å²) >= 11 is -2.38. The summed E-state index contributed by atoms with van der Waals surface area (Å²) in [6.07, 6.45) is 4.46. The van der Waals surface area contributed by atoms with Crippen LogP contribution >= 0.6 is 0 Å². The van der Waals surface area contributed by atoms with Crippen molar-refractivity contribution in [1.29, 1.82) is 0 Å². The molecule has 0 aliphatic heterocycles. The molecule has 9 rings (SSSR count). The van der Waals surface area contributed by atoms with Gasteiger partial charge in [0.2, 0.25) is 0 Å². The maximum atomic E-state index is 4.69. The summed E-state index contributed by atoms with van der Waals surface area (Å²) in [5.74, 6) is 3.89. The van der Waals surface area contributed by atoms with Crippen LogP contribution in [-0.4, -0.2) is 16.2 Å². The fourth-order valence-corrected chi connectivity index (χ4v) is 64.0. The third-order valence-electron chi connectivity index (χ3n) is 11.2. The summed E-state index contributed by atoms with van der Waals surface area (Å²) in [4.78, 5) is 0. The van der Waals surface area contributed by atoms with Crippen molar-refractivity contribution in [2.45, 2.75) is 52.5 Å². The number of hydrogen-bond acceptors (Lipinski definition) is 1. The summed E-state index contributed by atoms with van der Waals surface area (Å²) in [6.45, 7) is 9.75. The van der Waals surface area contributed by atoms with E-state index in [4.69, 9.17) is 3.30 Å². The van der Waals surface area contributed by atoms with E-state index in [1.807, 2.05) is 15.5 Å². The van der Waals surface area contributed by atoms with E-state index in [2.05, 4.69) is 137 Å². The van der Waals surface area contributed by atoms with Crippen LogP contribution in [0.4, 0.5) is 0 Å². The minimum absolute atomic E-state index is 0.506. The summed E-state index contributed by atoms with van der Waals surface area (Å²) in [7, 11) is -1.97. The fourth-order valence-electron chi connectivity index (χ4n) is 8.65. The molecule has 4 saturated carbocycles. The Labute approximate surface area is 268 Å². The number of benzene rings is 4. The molecule has 43 heavy (non-hydrogen) atoms. The molecular weight excluding hydrogens is 746 g/mol. The quantitative estimate of drug-likeness (QED) is 0.187. The SMILES string of the molecule is CC1=C(C)C(C)[C]([Hf]([NH]C23CC4C(C2)C4C3)[GeH]([c]2ccccc2)[c]2ccccc2)=C1C.c1ccc(-c2ccccc2)cc1. The van der Waals surface area contributed by atoms with Crippen LogP contribution in [0.1, 0.15) is 47.0 Å². The van der Waals surface area contributed by atoms with Crippen LogP contribution in [0, 0.1) is 23.7 Å². The molecule has 4 fully saturated rings. The van der Waals surface area contributed by atoms with Gasteiger partial charge in [0, 0.05) is 0 Å². The molecule has 217 valence electrons. The zero-order valence-corrected chi connectivity index (χ0v) is 32.1. The van der Waals surface area contributed by atoms with Crippen LogP contribution in [0.25, 0.3) is 11.1 Å². The maximum Gasteiger partial charge on any atom is -0.0184 e. The van der Waals surface area contributed by atoms with E-state index in [1.165, 1.54) is 30.4 Å². The van der Waals surface area contributed by atoms with Gasteiger partial charge in [-0.3, -0.25) is 0 Å². The Kier molecular flexibility index (Phi) is 8.39. The van der Waals surface area contributed by atoms with Gasteiger partial charge in [0.25, 0.3) is 0 Å². The van der Waals surface area contributed by atoms with Gasteiger partial charge >= 0.3 is 199 Å². The smallest absolute Gasteiger partial charge is 0.0184 e. The molecule has 5 aliphatic carbocycles. The third kappa shape index (κ3) is 5.69. The van der Waals surface area contributed by atoms with Gasteiger partial charge in [0.05, 0.1) is 0 Å². The largest absolute Gasteiger partial charge is 0.0622 e. The second-order valence-electron chi connectivity index (χ2n) is 13.5. The first-order chi connectivity index (χ1) is 21.0. The van der Waals surface area contributed by atoms with Crippen LogP contribution in [0.5, 0.6) is 0 Å². The Hall–Kier alpha value is -2.27. The van der Waals surface area contributed by atoms with Gasteiger partial charge < -0.3 is 0 Å². The van der Waals surface area contributed by atoms with Gasteiger partial charge in [-0.05, 0) is 11.1 Å². The minimum Gasteiger partial charge on any atom is -0.0622 e. The predicted molar refractivity (Wildman–Crippen MR) is 182 cm³/mol. The standard InChI is InChI=1S/C12H11Ge.C12H10.C9H13.C7H10N.Hf/c1-3-7-11(8-4-1)13-12-9-5-2-6-10-12;1-3-7-11(8-4-1)12-9-5-2-6-10-12;1-6-5-7(2)9(4)8(6)3;8-7-1-4-5(2-7)6(4)3-7;/h1-10,13H;1-10H;6H,1-4H3;4-6,8H,1-3H2;/q;;;-1;+1. The first kappa shape index (κ1) is 29.4. The van der Waals surface area contributed by atoms with Crippen molar-refractivity contribution in [3.63, 3.8) is 0 Å². The van der Waals surface area contributed by atoms with Crippen LogP contribution in [0.15, 0.2) is 141 Å². The monoisotopic (exact) mass is 792 g/mol. The van der Waals surface area contributed by atoms with Crippen molar-refractivity contribution in [2.75, 3.05) is 0 Å². The van der Waals surface area contributed by atoms with Crippen molar-refractivity contribution < 1.29 is 19.2 Å². The molecule has 1 nitrogen and oxygen atoms in total. The number of nitrogens with one attached hydrogen (secondary N) is 1. The van der Waals surface area contributed by atoms with E-state index < -0.39 is 29.9 Å². The molecule has 1 atom stereocenters. The van der Waals surface area contributed by atoms with Crippen molar-refractivity contribution >= 4 is 19.4 Å². The molecule has 4 aromatic rings. The van der Waals surface area contributed by atoms with Crippen molar-refractivity contribution in [2.24, 2.45) is 23.7 Å². The van der Waals surface area contributed by atoms with Crippen molar-refractivity contribution in [3.8, 4) is 11.1 Å². The molecule has 0 radical (unpaired) electrons. The molecule has 5 aliphatic rings. The van der Waals surface area contributed by atoms with E-state index in [0.717, 1.165) is 17.8 Å². The van der Waals surface area contributed by atoms with E-state index in [1.54, 1.807) is 25.5 Å². The van der Waals surface area contributed by atoms with Crippen molar-refractivity contribution in [1.82, 2.24) is 3.30 Å². The van der Waals surface area contributed by atoms with Crippen LogP contribution in [0.3, 0.4) is 0 Å². The number of allylic oxidation sites excluding steroid dienone is 4. The summed E-state index contributed by atoms with van der Waals surface area (Å²) in [5.41, 5.74) is 7.95. The average molecular weight is 790 g/mol. The number of rotatable bonds is 7. The van der Waals surface area contributed by atoms with Gasteiger partial charge in [-0.1, -0.05) is 60.7 Å². The molecule has 0 aromatic heterocycles. The Bertz CT molecular complexity index is 1520. The zero-order valence-electron chi connectivity index (χ0n) is 26.1. The first-order valence-corrected chi connectivity index (χ1v) is 34.2. The second kappa shape index (κ2) is 12.3. The molecule has 0 heterocycles. The Morgan fingerprint density at radius 3 is 1.35 bits per heavy atom. The number of hydrogen-bond donors (Lipinski definition) is 1. The molecule has 0 saturated heterocycles. The Morgan fingerprint density at radius 1 is 0.581 bits per heavy atom. The zero-order chi connectivity index (χ0) is 29.6. The van der Waals surface area contributed by atoms with Crippen LogP contribution in [-0.2, 0) is 19.2 Å². The summed E-state index contributed by atoms with van der Waals surface area (Å²) in [5, 5.41) is 0. The molecule has 4 bridgehead atoms. The van der Waals surface area contributed by atoms with Gasteiger partial charge in [-0.25, -0.2) is 0 Å². The van der Waals surface area contributed by atoms with Crippen molar-refractivity contribution in [3.05, 3.63) is 141 Å². The molecule has 0 spiro atoms. The Morgan fingerprint density at radius 2 is 0.977 bits per heavy atom. The summed E-state index contributed by atoms with van der Waals surface area (Å²) in [6, 6.07) is 44.2. The van der Waals surface area contributed by atoms with Gasteiger partial charge in [0.1, 0.15) is 0 Å². The molecule has 1 N–H and O–H groups in total. The predicted octanol–water partition coefficient (Wildman–Crippen LogP) is 8.06. The van der Waals surface area contributed by atoms with E-state index >= 15 is 0 Å². The molecule has 3 heteroatoms. The second-order valence-corrected chi connectivity index (χ2v) is 44.6. The van der Waals surface area contributed by atoms with Gasteiger partial charge in [-0.2, -0.15) is 0 Å². The van der Waals surface area contributed by atoms with Crippen LogP contribution in [0.2, 0.25) is 0 Å². The average Bonchev–Trinajstić information content (AvgIpc) is 3.44. The van der Waals surface area contributed by atoms with E-state index in [-0.39, 0.29) is 0 Å².